The minimum atomic E-state index is -0.539. The zero-order chi connectivity index (χ0) is 13.1. The molecule has 0 atom stereocenters. The zero-order valence-electron chi connectivity index (χ0n) is 9.79. The summed E-state index contributed by atoms with van der Waals surface area (Å²) >= 11 is 0. The van der Waals surface area contributed by atoms with Crippen molar-refractivity contribution in [3.8, 4) is 6.07 Å². The van der Waals surface area contributed by atoms with E-state index in [1.165, 1.54) is 12.3 Å². The molecule has 1 saturated carbocycles. The molecule has 0 radical (unpaired) electrons. The minimum absolute atomic E-state index is 0.133. The molecule has 1 aliphatic rings. The predicted octanol–water partition coefficient (Wildman–Crippen LogP) is 1.45. The number of methoxy groups -OCH3 is 1. The van der Waals surface area contributed by atoms with E-state index in [9.17, 15) is 10.1 Å². The van der Waals surface area contributed by atoms with Gasteiger partial charge in [0.05, 0.1) is 16.6 Å². The van der Waals surface area contributed by atoms with Crippen LogP contribution in [0.15, 0.2) is 12.3 Å². The number of aromatic nitrogens is 1. The highest BCUT2D eigenvalue weighted by Crippen LogP contribution is 2.29. The molecule has 2 rings (SSSR count). The van der Waals surface area contributed by atoms with Gasteiger partial charge in [-0.3, -0.25) is 10.1 Å². The van der Waals surface area contributed by atoms with Gasteiger partial charge in [-0.25, -0.2) is 4.98 Å². The summed E-state index contributed by atoms with van der Waals surface area (Å²) in [6.07, 6.45) is 3.13. The summed E-state index contributed by atoms with van der Waals surface area (Å²) < 4.78 is 5.13. The lowest BCUT2D eigenvalue weighted by Crippen LogP contribution is -2.40. The van der Waals surface area contributed by atoms with Crippen molar-refractivity contribution in [2.75, 3.05) is 12.4 Å². The van der Waals surface area contributed by atoms with Gasteiger partial charge in [0.1, 0.15) is 6.07 Å². The summed E-state index contributed by atoms with van der Waals surface area (Å²) in [7, 11) is 1.64. The average Bonchev–Trinajstić information content (AvgIpc) is 2.33. The lowest BCUT2D eigenvalue weighted by atomic mass is 9.89. The molecule has 1 fully saturated rings. The lowest BCUT2D eigenvalue weighted by molar-refractivity contribution is -0.384. The van der Waals surface area contributed by atoms with E-state index in [4.69, 9.17) is 10.00 Å². The molecule has 18 heavy (non-hydrogen) atoms. The molecule has 0 aromatic carbocycles. The molecule has 0 bridgehead atoms. The topological polar surface area (TPSA) is 101 Å². The lowest BCUT2D eigenvalue weighted by Gasteiger charge is -2.34. The Morgan fingerprint density at radius 1 is 1.67 bits per heavy atom. The molecule has 0 spiro atoms. The quantitative estimate of drug-likeness (QED) is 0.639. The highest BCUT2D eigenvalue weighted by Gasteiger charge is 2.31. The van der Waals surface area contributed by atoms with E-state index in [0.29, 0.717) is 0 Å². The van der Waals surface area contributed by atoms with E-state index in [2.05, 4.69) is 10.3 Å². The third-order valence-electron chi connectivity index (χ3n) is 2.96. The van der Waals surface area contributed by atoms with E-state index in [1.54, 1.807) is 7.11 Å². The Kier molecular flexibility index (Phi) is 3.39. The first-order chi connectivity index (χ1) is 8.63. The van der Waals surface area contributed by atoms with Crippen LogP contribution in [0.1, 0.15) is 18.4 Å². The molecule has 0 unspecified atom stereocenters. The van der Waals surface area contributed by atoms with Crippen LogP contribution in [-0.4, -0.2) is 29.2 Å². The van der Waals surface area contributed by atoms with Crippen LogP contribution in [0.25, 0.3) is 0 Å². The molecule has 1 aromatic heterocycles. The third kappa shape index (κ3) is 2.38. The van der Waals surface area contributed by atoms with Crippen molar-refractivity contribution in [1.82, 2.24) is 4.98 Å². The summed E-state index contributed by atoms with van der Waals surface area (Å²) in [4.78, 5) is 14.3. The molecule has 0 saturated heterocycles. The molecular weight excluding hydrogens is 236 g/mol. The van der Waals surface area contributed by atoms with Gasteiger partial charge in [0.25, 0.3) is 0 Å². The second kappa shape index (κ2) is 4.98. The van der Waals surface area contributed by atoms with Crippen LogP contribution in [-0.2, 0) is 4.74 Å². The SMILES string of the molecule is COC1CC(Nc2ncc(C#N)cc2[N+](=O)[O-])C1. The fraction of sp³-hybridized carbons (Fsp3) is 0.455. The van der Waals surface area contributed by atoms with E-state index < -0.39 is 4.92 Å². The highest BCUT2D eigenvalue weighted by molar-refractivity contribution is 5.58. The Bertz CT molecular complexity index is 506. The molecule has 1 aliphatic carbocycles. The van der Waals surface area contributed by atoms with E-state index in [1.807, 2.05) is 6.07 Å². The molecule has 7 nitrogen and oxygen atoms in total. The fourth-order valence-corrected chi connectivity index (χ4v) is 1.83. The number of ether oxygens (including phenoxy) is 1. The fourth-order valence-electron chi connectivity index (χ4n) is 1.83. The number of anilines is 1. The van der Waals surface area contributed by atoms with Crippen LogP contribution in [0.3, 0.4) is 0 Å². The van der Waals surface area contributed by atoms with Gasteiger partial charge in [0.15, 0.2) is 0 Å². The number of hydrogen-bond acceptors (Lipinski definition) is 6. The van der Waals surface area contributed by atoms with Gasteiger partial charge in [0.2, 0.25) is 5.82 Å². The number of nitriles is 1. The number of nitro groups is 1. The molecule has 94 valence electrons. The van der Waals surface area contributed by atoms with Gasteiger partial charge in [0, 0.05) is 25.4 Å². The number of rotatable bonds is 4. The average molecular weight is 248 g/mol. The first kappa shape index (κ1) is 12.3. The van der Waals surface area contributed by atoms with Crippen molar-refractivity contribution >= 4 is 11.5 Å². The summed E-state index contributed by atoms with van der Waals surface area (Å²) in [6.45, 7) is 0. The Balaban J connectivity index is 2.13. The van der Waals surface area contributed by atoms with Crippen LogP contribution in [0.4, 0.5) is 11.5 Å². The van der Waals surface area contributed by atoms with Crippen molar-refractivity contribution in [3.05, 3.63) is 27.9 Å². The van der Waals surface area contributed by atoms with Crippen molar-refractivity contribution in [2.45, 2.75) is 25.0 Å². The van der Waals surface area contributed by atoms with E-state index in [0.717, 1.165) is 12.8 Å². The largest absolute Gasteiger partial charge is 0.381 e. The Morgan fingerprint density at radius 3 is 2.94 bits per heavy atom. The first-order valence-corrected chi connectivity index (χ1v) is 5.48. The first-order valence-electron chi connectivity index (χ1n) is 5.48. The maximum atomic E-state index is 10.9. The number of nitrogens with one attached hydrogen (secondary N) is 1. The van der Waals surface area contributed by atoms with Gasteiger partial charge in [-0.15, -0.1) is 0 Å². The second-order valence-corrected chi connectivity index (χ2v) is 4.13. The highest BCUT2D eigenvalue weighted by atomic mass is 16.6. The molecule has 7 heteroatoms. The van der Waals surface area contributed by atoms with E-state index in [-0.39, 0.29) is 29.2 Å². The Morgan fingerprint density at radius 2 is 2.39 bits per heavy atom. The van der Waals surface area contributed by atoms with Gasteiger partial charge < -0.3 is 10.1 Å². The van der Waals surface area contributed by atoms with Crippen molar-refractivity contribution < 1.29 is 9.66 Å². The normalized spacial score (nSPS) is 21.8. The van der Waals surface area contributed by atoms with Crippen LogP contribution >= 0.6 is 0 Å². The molecular formula is C11H12N4O3. The second-order valence-electron chi connectivity index (χ2n) is 4.13. The van der Waals surface area contributed by atoms with Crippen LogP contribution in [0, 0.1) is 21.4 Å². The standard InChI is InChI=1S/C11H12N4O3/c1-18-9-3-8(4-9)14-11-10(15(16)17)2-7(5-12)6-13-11/h2,6,8-9H,3-4H2,1H3,(H,13,14). The number of nitrogens with zero attached hydrogens (tertiary/aromatic N) is 3. The van der Waals surface area contributed by atoms with Gasteiger partial charge in [-0.05, 0) is 12.8 Å². The molecule has 1 heterocycles. The van der Waals surface area contributed by atoms with Crippen molar-refractivity contribution in [2.24, 2.45) is 0 Å². The molecule has 0 amide bonds. The smallest absolute Gasteiger partial charge is 0.312 e. The third-order valence-corrected chi connectivity index (χ3v) is 2.96. The number of pyridine rings is 1. The molecule has 1 aromatic rings. The predicted molar refractivity (Wildman–Crippen MR) is 63.0 cm³/mol. The molecule has 1 N–H and O–H groups in total. The summed E-state index contributed by atoms with van der Waals surface area (Å²) in [5.74, 6) is 0.207. The molecule has 0 aliphatic heterocycles. The summed E-state index contributed by atoms with van der Waals surface area (Å²) in [5, 5.41) is 22.6. The number of hydrogen-bond donors (Lipinski definition) is 1. The van der Waals surface area contributed by atoms with Gasteiger partial charge in [-0.1, -0.05) is 0 Å². The van der Waals surface area contributed by atoms with Crippen molar-refractivity contribution in [1.29, 1.82) is 5.26 Å². The van der Waals surface area contributed by atoms with Crippen LogP contribution < -0.4 is 5.32 Å². The Labute approximate surface area is 104 Å². The van der Waals surface area contributed by atoms with E-state index >= 15 is 0 Å². The van der Waals surface area contributed by atoms with Crippen molar-refractivity contribution in [3.63, 3.8) is 0 Å². The van der Waals surface area contributed by atoms with Gasteiger partial charge in [-0.2, -0.15) is 5.26 Å². The monoisotopic (exact) mass is 248 g/mol. The Hall–Kier alpha value is -2.20. The van der Waals surface area contributed by atoms with Gasteiger partial charge >= 0.3 is 5.69 Å². The summed E-state index contributed by atoms with van der Waals surface area (Å²) in [5.41, 5.74) is 0.00513. The zero-order valence-corrected chi connectivity index (χ0v) is 9.79. The van der Waals surface area contributed by atoms with Crippen LogP contribution in [0.5, 0.6) is 0 Å². The minimum Gasteiger partial charge on any atom is -0.381 e. The maximum absolute atomic E-state index is 10.9. The van der Waals surface area contributed by atoms with Crippen LogP contribution in [0.2, 0.25) is 0 Å². The maximum Gasteiger partial charge on any atom is 0.312 e. The summed E-state index contributed by atoms with van der Waals surface area (Å²) in [6, 6.07) is 3.19.